The quantitative estimate of drug-likeness (QED) is 0.831. The van der Waals surface area contributed by atoms with Crippen molar-refractivity contribution in [1.29, 1.82) is 0 Å². The zero-order valence-electron chi connectivity index (χ0n) is 9.95. The van der Waals surface area contributed by atoms with Gasteiger partial charge in [-0.3, -0.25) is 4.79 Å². The molecule has 1 aromatic carbocycles. The van der Waals surface area contributed by atoms with Crippen LogP contribution in [0.1, 0.15) is 16.1 Å². The molecule has 0 unspecified atom stereocenters. The number of benzene rings is 1. The molecular weight excluding hydrogens is 376 g/mol. The van der Waals surface area contributed by atoms with E-state index in [2.05, 4.69) is 47.1 Å². The number of anilines is 2. The fourth-order valence-electron chi connectivity index (χ4n) is 1.45. The summed E-state index contributed by atoms with van der Waals surface area (Å²) in [4.78, 5) is 19.8. The largest absolute Gasteiger partial charge is 0.382 e. The number of amides is 1. The van der Waals surface area contributed by atoms with Crippen LogP contribution in [-0.4, -0.2) is 15.9 Å². The summed E-state index contributed by atoms with van der Waals surface area (Å²) in [6.45, 7) is 1.96. The van der Waals surface area contributed by atoms with E-state index < -0.39 is 0 Å². The number of nitrogens with zero attached hydrogens (tertiary/aromatic N) is 2. The van der Waals surface area contributed by atoms with Gasteiger partial charge >= 0.3 is 0 Å². The second-order valence-corrected chi connectivity index (χ2v) is 5.59. The minimum absolute atomic E-state index is 0.202. The predicted octanol–water partition coefficient (Wildman–Crippen LogP) is 3.14. The maximum absolute atomic E-state index is 12.0. The van der Waals surface area contributed by atoms with Crippen LogP contribution in [0.3, 0.4) is 0 Å². The Hall–Kier alpha value is -1.47. The Labute approximate surface area is 126 Å². The summed E-state index contributed by atoms with van der Waals surface area (Å²) in [6.07, 6.45) is 2.68. The molecule has 98 valence electrons. The molecular formula is C12H10Br2N4O. The molecule has 5 nitrogen and oxygen atoms in total. The van der Waals surface area contributed by atoms with Gasteiger partial charge in [0.1, 0.15) is 11.5 Å². The number of nitrogens with two attached hydrogens (primary N) is 1. The molecule has 1 aromatic heterocycles. The third-order valence-electron chi connectivity index (χ3n) is 2.33. The van der Waals surface area contributed by atoms with Crippen molar-refractivity contribution in [2.45, 2.75) is 6.92 Å². The molecule has 1 heterocycles. The smallest absolute Gasteiger partial charge is 0.275 e. The highest BCUT2D eigenvalue weighted by Gasteiger charge is 2.13. The first-order valence-electron chi connectivity index (χ1n) is 5.32. The molecule has 0 spiro atoms. The van der Waals surface area contributed by atoms with E-state index in [0.717, 1.165) is 14.5 Å². The van der Waals surface area contributed by atoms with Gasteiger partial charge in [-0.1, -0.05) is 0 Å². The number of carbonyl (C=O) groups excluding carboxylic acids is 1. The van der Waals surface area contributed by atoms with Crippen LogP contribution >= 0.6 is 31.9 Å². The highest BCUT2D eigenvalue weighted by molar-refractivity contribution is 9.11. The number of nitrogen functional groups attached to an aromatic ring is 1. The molecule has 7 heteroatoms. The van der Waals surface area contributed by atoms with Crippen LogP contribution in [0.4, 0.5) is 11.5 Å². The van der Waals surface area contributed by atoms with Gasteiger partial charge in [-0.2, -0.15) is 0 Å². The first-order chi connectivity index (χ1) is 8.97. The van der Waals surface area contributed by atoms with Gasteiger partial charge in [-0.15, -0.1) is 0 Å². The number of halogens is 2. The minimum Gasteiger partial charge on any atom is -0.382 e. The van der Waals surface area contributed by atoms with E-state index in [1.54, 1.807) is 0 Å². The Kier molecular flexibility index (Phi) is 4.16. The number of nitrogens with one attached hydrogen (secondary N) is 1. The maximum atomic E-state index is 12.0. The lowest BCUT2D eigenvalue weighted by Gasteiger charge is -2.10. The first-order valence-corrected chi connectivity index (χ1v) is 6.90. The van der Waals surface area contributed by atoms with Gasteiger partial charge in [0.25, 0.3) is 5.91 Å². The fourth-order valence-corrected chi connectivity index (χ4v) is 3.07. The molecule has 0 aliphatic rings. The third-order valence-corrected chi connectivity index (χ3v) is 3.58. The molecule has 0 aliphatic heterocycles. The van der Waals surface area contributed by atoms with E-state index in [0.29, 0.717) is 5.69 Å². The lowest BCUT2D eigenvalue weighted by atomic mass is 10.2. The van der Waals surface area contributed by atoms with E-state index in [9.17, 15) is 4.79 Å². The monoisotopic (exact) mass is 384 g/mol. The van der Waals surface area contributed by atoms with Crippen LogP contribution in [0.25, 0.3) is 0 Å². The summed E-state index contributed by atoms with van der Waals surface area (Å²) in [5.74, 6) is -0.0769. The number of rotatable bonds is 2. The van der Waals surface area contributed by atoms with Gasteiger partial charge in [-0.25, -0.2) is 9.97 Å². The Balaban J connectivity index is 2.26. The van der Waals surface area contributed by atoms with Crippen molar-refractivity contribution >= 4 is 49.3 Å². The molecule has 0 atom stereocenters. The Morgan fingerprint density at radius 1 is 1.21 bits per heavy atom. The highest BCUT2D eigenvalue weighted by atomic mass is 79.9. The molecule has 0 saturated heterocycles. The Bertz CT molecular complexity index is 605. The van der Waals surface area contributed by atoms with E-state index >= 15 is 0 Å². The molecule has 0 fully saturated rings. The molecule has 0 aliphatic carbocycles. The van der Waals surface area contributed by atoms with Crippen LogP contribution in [0.5, 0.6) is 0 Å². The lowest BCUT2D eigenvalue weighted by molar-refractivity contribution is 0.102. The number of hydrogen-bond acceptors (Lipinski definition) is 4. The van der Waals surface area contributed by atoms with Crippen LogP contribution in [0.2, 0.25) is 0 Å². The summed E-state index contributed by atoms with van der Waals surface area (Å²) in [6, 6.07) is 3.82. The lowest BCUT2D eigenvalue weighted by Crippen LogP contribution is -2.15. The zero-order valence-corrected chi connectivity index (χ0v) is 13.1. The standard InChI is InChI=1S/C12H10Br2N4O/c1-6-2-7(13)11(8(14)3-6)18-12(19)9-4-17-10(15)5-16-9/h2-5H,1H3,(H2,15,17)(H,18,19). The SMILES string of the molecule is Cc1cc(Br)c(NC(=O)c2cnc(N)cn2)c(Br)c1. The molecule has 1 amide bonds. The second kappa shape index (κ2) is 5.66. The summed E-state index contributed by atoms with van der Waals surface area (Å²) >= 11 is 6.82. The summed E-state index contributed by atoms with van der Waals surface area (Å²) in [5.41, 5.74) is 7.35. The van der Waals surface area contributed by atoms with Crippen LogP contribution in [0, 0.1) is 6.92 Å². The molecule has 19 heavy (non-hydrogen) atoms. The van der Waals surface area contributed by atoms with Crippen molar-refractivity contribution in [1.82, 2.24) is 9.97 Å². The molecule has 0 saturated carbocycles. The van der Waals surface area contributed by atoms with Gasteiger partial charge in [0.15, 0.2) is 0 Å². The number of aryl methyl sites for hydroxylation is 1. The van der Waals surface area contributed by atoms with E-state index in [1.807, 2.05) is 19.1 Å². The van der Waals surface area contributed by atoms with Crippen molar-refractivity contribution in [2.75, 3.05) is 11.1 Å². The second-order valence-electron chi connectivity index (χ2n) is 3.88. The van der Waals surface area contributed by atoms with Crippen LogP contribution in [-0.2, 0) is 0 Å². The minimum atomic E-state index is -0.349. The Morgan fingerprint density at radius 2 is 1.84 bits per heavy atom. The van der Waals surface area contributed by atoms with Crippen LogP contribution < -0.4 is 11.1 Å². The molecule has 3 N–H and O–H groups in total. The van der Waals surface area contributed by atoms with Crippen molar-refractivity contribution in [3.8, 4) is 0 Å². The normalized spacial score (nSPS) is 10.3. The summed E-state index contributed by atoms with van der Waals surface area (Å²) < 4.78 is 1.58. The molecule has 2 aromatic rings. The van der Waals surface area contributed by atoms with Crippen LogP contribution in [0.15, 0.2) is 33.5 Å². The average Bonchev–Trinajstić information content (AvgIpc) is 2.34. The van der Waals surface area contributed by atoms with Gasteiger partial charge in [-0.05, 0) is 56.5 Å². The number of hydrogen-bond donors (Lipinski definition) is 2. The van der Waals surface area contributed by atoms with E-state index in [-0.39, 0.29) is 17.4 Å². The zero-order chi connectivity index (χ0) is 14.0. The average molecular weight is 386 g/mol. The number of aromatic nitrogens is 2. The van der Waals surface area contributed by atoms with Gasteiger partial charge in [0, 0.05) is 8.95 Å². The van der Waals surface area contributed by atoms with E-state index in [4.69, 9.17) is 5.73 Å². The van der Waals surface area contributed by atoms with Crippen molar-refractivity contribution in [2.24, 2.45) is 0 Å². The molecule has 2 rings (SSSR count). The van der Waals surface area contributed by atoms with E-state index in [1.165, 1.54) is 12.4 Å². The topological polar surface area (TPSA) is 80.9 Å². The fraction of sp³-hybridized carbons (Fsp3) is 0.0833. The maximum Gasteiger partial charge on any atom is 0.275 e. The van der Waals surface area contributed by atoms with Gasteiger partial charge in [0.05, 0.1) is 18.1 Å². The molecule has 0 bridgehead atoms. The highest BCUT2D eigenvalue weighted by Crippen LogP contribution is 2.32. The van der Waals surface area contributed by atoms with Crippen molar-refractivity contribution in [3.05, 3.63) is 44.7 Å². The number of carbonyl (C=O) groups is 1. The summed E-state index contributed by atoms with van der Waals surface area (Å²) in [5, 5.41) is 2.77. The van der Waals surface area contributed by atoms with Crippen molar-refractivity contribution < 1.29 is 4.79 Å². The van der Waals surface area contributed by atoms with Gasteiger partial charge in [0.2, 0.25) is 0 Å². The predicted molar refractivity (Wildman–Crippen MR) is 81.0 cm³/mol. The third kappa shape index (κ3) is 3.30. The van der Waals surface area contributed by atoms with Gasteiger partial charge < -0.3 is 11.1 Å². The first kappa shape index (κ1) is 14.0. The Morgan fingerprint density at radius 3 is 2.37 bits per heavy atom. The molecule has 0 radical (unpaired) electrons. The van der Waals surface area contributed by atoms with Crippen molar-refractivity contribution in [3.63, 3.8) is 0 Å². The summed E-state index contributed by atoms with van der Waals surface area (Å²) in [7, 11) is 0.